The molecule has 2 rings (SSSR count). The Balaban J connectivity index is 2.08. The van der Waals surface area contributed by atoms with E-state index in [0.717, 1.165) is 0 Å². The SMILES string of the molecule is CO[C@@H]1C(O)[C@H](O[C@@H]2C(NC(C)=O)[C@H](C)OC(CO)[C@H]2O)OC(C(=O)NNC(=O)CCCCC(=O)NN)[C@H]1O. The van der Waals surface area contributed by atoms with Gasteiger partial charge in [-0.3, -0.25) is 35.5 Å². The number of hydrogen-bond acceptors (Lipinski definition) is 13. The molecule has 17 heteroatoms. The van der Waals surface area contributed by atoms with Crippen molar-refractivity contribution in [1.82, 2.24) is 21.6 Å². The van der Waals surface area contributed by atoms with E-state index in [-0.39, 0.29) is 18.7 Å². The van der Waals surface area contributed by atoms with E-state index in [1.54, 1.807) is 6.92 Å². The Hall–Kier alpha value is -2.48. The predicted molar refractivity (Wildman–Crippen MR) is 128 cm³/mol. The van der Waals surface area contributed by atoms with Crippen LogP contribution in [0.25, 0.3) is 0 Å². The zero-order valence-corrected chi connectivity index (χ0v) is 21.9. The van der Waals surface area contributed by atoms with Gasteiger partial charge in [-0.25, -0.2) is 5.84 Å². The standard InChI is InChI=1S/C22H39N5O12/c1-9-14(24-10(2)29)18(15(32)11(8-28)37-9)38-22-17(34)19(36-3)16(33)20(39-22)21(35)27-26-13(31)7-5-4-6-12(30)25-23/h9,11,14-20,22,28,32-34H,4-8,23H2,1-3H3,(H,24,29)(H,25,30)(H,26,31)(H,27,35)/t9-,11?,14?,15+,16-,17?,18+,19-,20?,22+/m0/s1. The summed E-state index contributed by atoms with van der Waals surface area (Å²) in [5, 5.41) is 44.3. The van der Waals surface area contributed by atoms with Gasteiger partial charge in [0, 0.05) is 26.9 Å². The Labute approximate surface area is 224 Å². The molecule has 2 aliphatic rings. The van der Waals surface area contributed by atoms with Crippen LogP contribution in [0.3, 0.4) is 0 Å². The molecule has 0 aromatic heterocycles. The largest absolute Gasteiger partial charge is 0.394 e. The summed E-state index contributed by atoms with van der Waals surface area (Å²) in [7, 11) is 1.18. The van der Waals surface area contributed by atoms with Crippen molar-refractivity contribution in [1.29, 1.82) is 0 Å². The Morgan fingerprint density at radius 3 is 2.13 bits per heavy atom. The highest BCUT2D eigenvalue weighted by atomic mass is 16.7. The number of aliphatic hydroxyl groups is 4. The smallest absolute Gasteiger partial charge is 0.270 e. The van der Waals surface area contributed by atoms with Gasteiger partial charge >= 0.3 is 0 Å². The van der Waals surface area contributed by atoms with Crippen LogP contribution in [0.15, 0.2) is 0 Å². The van der Waals surface area contributed by atoms with Crippen molar-refractivity contribution in [2.24, 2.45) is 5.84 Å². The summed E-state index contributed by atoms with van der Waals surface area (Å²) in [5.74, 6) is 2.57. The molecule has 0 aromatic rings. The number of carbonyl (C=O) groups is 4. The highest BCUT2D eigenvalue weighted by Gasteiger charge is 2.52. The molecule has 10 atom stereocenters. The molecular weight excluding hydrogens is 526 g/mol. The number of rotatable bonds is 11. The molecule has 4 amide bonds. The van der Waals surface area contributed by atoms with Gasteiger partial charge < -0.3 is 44.7 Å². The Bertz CT molecular complexity index is 850. The first kappa shape index (κ1) is 32.7. The minimum Gasteiger partial charge on any atom is -0.394 e. The molecule has 39 heavy (non-hydrogen) atoms. The predicted octanol–water partition coefficient (Wildman–Crippen LogP) is -4.82. The molecule has 0 saturated carbocycles. The number of ether oxygens (including phenoxy) is 4. The van der Waals surface area contributed by atoms with Crippen molar-refractivity contribution < 1.29 is 58.6 Å². The lowest BCUT2D eigenvalue weighted by Crippen LogP contribution is -2.68. The van der Waals surface area contributed by atoms with Gasteiger partial charge in [-0.05, 0) is 19.8 Å². The maximum absolute atomic E-state index is 12.8. The van der Waals surface area contributed by atoms with Gasteiger partial charge in [-0.2, -0.15) is 0 Å². The van der Waals surface area contributed by atoms with Gasteiger partial charge in [0.25, 0.3) is 5.91 Å². The van der Waals surface area contributed by atoms with Crippen molar-refractivity contribution in [3.63, 3.8) is 0 Å². The molecular formula is C22H39N5O12. The van der Waals surface area contributed by atoms with Gasteiger partial charge in [0.2, 0.25) is 17.7 Å². The first-order chi connectivity index (χ1) is 18.4. The van der Waals surface area contributed by atoms with Crippen molar-refractivity contribution in [2.75, 3.05) is 13.7 Å². The molecule has 224 valence electrons. The maximum Gasteiger partial charge on any atom is 0.270 e. The Kier molecular flexibility index (Phi) is 12.9. The highest BCUT2D eigenvalue weighted by molar-refractivity contribution is 5.85. The molecule has 0 bridgehead atoms. The van der Waals surface area contributed by atoms with Crippen LogP contribution in [0.5, 0.6) is 0 Å². The number of carbonyl (C=O) groups excluding carboxylic acids is 4. The fourth-order valence-corrected chi connectivity index (χ4v) is 4.39. The third-order valence-corrected chi connectivity index (χ3v) is 6.43. The van der Waals surface area contributed by atoms with Gasteiger partial charge in [0.05, 0.1) is 18.8 Å². The first-order valence-electron chi connectivity index (χ1n) is 12.4. The van der Waals surface area contributed by atoms with Crippen LogP contribution in [0, 0.1) is 0 Å². The maximum atomic E-state index is 12.8. The van der Waals surface area contributed by atoms with Crippen LogP contribution in [0.1, 0.15) is 39.5 Å². The quantitative estimate of drug-likeness (QED) is 0.0493. The summed E-state index contributed by atoms with van der Waals surface area (Å²) in [5.41, 5.74) is 6.26. The number of nitrogens with one attached hydrogen (secondary N) is 4. The Morgan fingerprint density at radius 1 is 0.923 bits per heavy atom. The van der Waals surface area contributed by atoms with Gasteiger partial charge in [0.1, 0.15) is 36.6 Å². The summed E-state index contributed by atoms with van der Waals surface area (Å²) in [6.45, 7) is 2.25. The number of hydrazine groups is 2. The summed E-state index contributed by atoms with van der Waals surface area (Å²) >= 11 is 0. The van der Waals surface area contributed by atoms with E-state index in [0.29, 0.717) is 12.8 Å². The molecule has 2 heterocycles. The summed E-state index contributed by atoms with van der Waals surface area (Å²) < 4.78 is 22.1. The third-order valence-electron chi connectivity index (χ3n) is 6.43. The van der Waals surface area contributed by atoms with Crippen LogP contribution >= 0.6 is 0 Å². The molecule has 0 spiro atoms. The van der Waals surface area contributed by atoms with Gasteiger partial charge in [-0.1, -0.05) is 0 Å². The van der Waals surface area contributed by atoms with Crippen LogP contribution in [0.2, 0.25) is 0 Å². The molecule has 0 aliphatic carbocycles. The number of unbranched alkanes of at least 4 members (excludes halogenated alkanes) is 1. The second-order valence-electron chi connectivity index (χ2n) is 9.30. The number of hydrogen-bond donors (Lipinski definition) is 9. The molecule has 0 radical (unpaired) electrons. The molecule has 17 nitrogen and oxygen atoms in total. The molecule has 4 unspecified atom stereocenters. The minimum atomic E-state index is -1.70. The van der Waals surface area contributed by atoms with Gasteiger partial charge in [0.15, 0.2) is 12.4 Å². The zero-order valence-electron chi connectivity index (χ0n) is 21.9. The normalized spacial score (nSPS) is 34.6. The number of aliphatic hydroxyl groups excluding tert-OH is 4. The second kappa shape index (κ2) is 15.3. The molecule has 10 N–H and O–H groups in total. The molecule has 2 aliphatic heterocycles. The van der Waals surface area contributed by atoms with E-state index in [1.807, 2.05) is 5.43 Å². The third kappa shape index (κ3) is 8.75. The topological polar surface area (TPSA) is 260 Å². The van der Waals surface area contributed by atoms with Gasteiger partial charge in [-0.15, -0.1) is 0 Å². The molecule has 2 saturated heterocycles. The van der Waals surface area contributed by atoms with Crippen molar-refractivity contribution in [3.8, 4) is 0 Å². The number of nitrogens with two attached hydrogens (primary N) is 1. The first-order valence-corrected chi connectivity index (χ1v) is 12.4. The van der Waals surface area contributed by atoms with E-state index in [4.69, 9.17) is 24.8 Å². The second-order valence-corrected chi connectivity index (χ2v) is 9.30. The molecule has 2 fully saturated rings. The summed E-state index contributed by atoms with van der Waals surface area (Å²) in [6.07, 6.45) is -11.8. The van der Waals surface area contributed by atoms with Crippen LogP contribution in [-0.4, -0.2) is 119 Å². The van der Waals surface area contributed by atoms with Crippen LogP contribution in [-0.2, 0) is 38.1 Å². The van der Waals surface area contributed by atoms with Crippen molar-refractivity contribution in [2.45, 2.75) is 101 Å². The molecule has 0 aromatic carbocycles. The summed E-state index contributed by atoms with van der Waals surface area (Å²) in [6, 6.07) is -0.938. The average Bonchev–Trinajstić information content (AvgIpc) is 2.90. The van der Waals surface area contributed by atoms with Crippen LogP contribution < -0.4 is 27.4 Å². The van der Waals surface area contributed by atoms with E-state index in [1.165, 1.54) is 14.0 Å². The number of amides is 4. The van der Waals surface area contributed by atoms with Crippen molar-refractivity contribution >= 4 is 23.6 Å². The average molecular weight is 566 g/mol. The monoisotopic (exact) mass is 565 g/mol. The fourth-order valence-electron chi connectivity index (χ4n) is 4.39. The van der Waals surface area contributed by atoms with E-state index in [2.05, 4.69) is 16.2 Å². The lowest BCUT2D eigenvalue weighted by atomic mass is 9.92. The summed E-state index contributed by atoms with van der Waals surface area (Å²) in [4.78, 5) is 47.7. The highest BCUT2D eigenvalue weighted by Crippen LogP contribution is 2.30. The van der Waals surface area contributed by atoms with E-state index >= 15 is 0 Å². The fraction of sp³-hybridized carbons (Fsp3) is 0.818. The van der Waals surface area contributed by atoms with E-state index < -0.39 is 85.5 Å². The minimum absolute atomic E-state index is 0.0201. The number of methoxy groups -OCH3 is 1. The zero-order chi connectivity index (χ0) is 29.3. The van der Waals surface area contributed by atoms with E-state index in [9.17, 15) is 39.6 Å². The van der Waals surface area contributed by atoms with Crippen molar-refractivity contribution in [3.05, 3.63) is 0 Å². The lowest BCUT2D eigenvalue weighted by Gasteiger charge is -2.47. The lowest BCUT2D eigenvalue weighted by molar-refractivity contribution is -0.325. The Morgan fingerprint density at radius 2 is 1.56 bits per heavy atom. The van der Waals surface area contributed by atoms with Crippen LogP contribution in [0.4, 0.5) is 0 Å².